The summed E-state index contributed by atoms with van der Waals surface area (Å²) in [6.45, 7) is -1.40. The minimum Gasteiger partial charge on any atom is -0.372 e. The monoisotopic (exact) mass is 280 g/mol. The number of halogens is 3. The molecule has 1 aromatic rings. The number of ether oxygens (including phenoxy) is 1. The van der Waals surface area contributed by atoms with E-state index >= 15 is 0 Å². The van der Waals surface area contributed by atoms with E-state index in [9.17, 15) is 18.0 Å². The summed E-state index contributed by atoms with van der Waals surface area (Å²) < 4.78 is 39.9. The number of nitrogens with one attached hydrogen (secondary N) is 1. The molecule has 2 heterocycles. The highest BCUT2D eigenvalue weighted by atomic mass is 32.2. The first-order valence-corrected chi connectivity index (χ1v) is 6.44. The second-order valence-corrected chi connectivity index (χ2v) is 4.83. The highest BCUT2D eigenvalue weighted by Gasteiger charge is 2.27. The van der Waals surface area contributed by atoms with E-state index < -0.39 is 12.8 Å². The Labute approximate surface area is 105 Å². The number of fused-ring (bicyclic) bond motifs is 1. The zero-order valence-corrected chi connectivity index (χ0v) is 10.2. The molecule has 0 aromatic carbocycles. The molecule has 0 atom stereocenters. The van der Waals surface area contributed by atoms with E-state index in [0.29, 0.717) is 22.9 Å². The average Bonchev–Trinajstić information content (AvgIpc) is 2.71. The molecule has 0 amide bonds. The molecule has 0 unspecified atom stereocenters. The van der Waals surface area contributed by atoms with Gasteiger partial charge in [-0.3, -0.25) is 4.79 Å². The first-order chi connectivity index (χ1) is 8.46. The fourth-order valence-electron chi connectivity index (χ4n) is 1.59. The van der Waals surface area contributed by atoms with Crippen molar-refractivity contribution in [2.75, 3.05) is 13.2 Å². The van der Waals surface area contributed by atoms with E-state index in [1.807, 2.05) is 0 Å². The maximum atomic E-state index is 11.8. The van der Waals surface area contributed by atoms with Gasteiger partial charge in [-0.25, -0.2) is 4.98 Å². The topological polar surface area (TPSA) is 55.0 Å². The number of hydrogen-bond acceptors (Lipinski definition) is 4. The lowest BCUT2D eigenvalue weighted by molar-refractivity contribution is -0.173. The molecule has 0 saturated heterocycles. The van der Waals surface area contributed by atoms with Crippen molar-refractivity contribution in [3.05, 3.63) is 27.4 Å². The van der Waals surface area contributed by atoms with Crippen LogP contribution in [0.2, 0.25) is 0 Å². The molecule has 1 aliphatic rings. The number of aromatic nitrogens is 2. The van der Waals surface area contributed by atoms with E-state index in [1.54, 1.807) is 11.8 Å². The van der Waals surface area contributed by atoms with Crippen molar-refractivity contribution < 1.29 is 17.9 Å². The molecule has 2 rings (SSSR count). The molecule has 8 heteroatoms. The molecule has 0 bridgehead atoms. The van der Waals surface area contributed by atoms with Crippen LogP contribution in [0.1, 0.15) is 17.1 Å². The van der Waals surface area contributed by atoms with Crippen molar-refractivity contribution in [2.45, 2.75) is 24.1 Å². The van der Waals surface area contributed by atoms with Crippen molar-refractivity contribution in [3.63, 3.8) is 0 Å². The molecule has 1 N–H and O–H groups in total. The summed E-state index contributed by atoms with van der Waals surface area (Å²) in [4.78, 5) is 18.4. The van der Waals surface area contributed by atoms with Crippen LogP contribution in [0.15, 0.2) is 4.79 Å². The number of H-pyrrole nitrogens is 1. The summed E-state index contributed by atoms with van der Waals surface area (Å²) in [6, 6.07) is 0. The molecular weight excluding hydrogens is 269 g/mol. The van der Waals surface area contributed by atoms with Crippen LogP contribution in [-0.2, 0) is 22.7 Å². The Hall–Kier alpha value is -1.02. The van der Waals surface area contributed by atoms with E-state index in [2.05, 4.69) is 14.7 Å². The van der Waals surface area contributed by atoms with E-state index in [0.717, 1.165) is 5.69 Å². The highest BCUT2D eigenvalue weighted by molar-refractivity contribution is 7.98. The Morgan fingerprint density at radius 3 is 2.89 bits per heavy atom. The zero-order valence-electron chi connectivity index (χ0n) is 9.34. The molecule has 0 aliphatic carbocycles. The first-order valence-electron chi connectivity index (χ1n) is 5.29. The Morgan fingerprint density at radius 2 is 2.17 bits per heavy atom. The normalized spacial score (nSPS) is 14.8. The minimum atomic E-state index is -4.32. The van der Waals surface area contributed by atoms with Gasteiger partial charge in [0.25, 0.3) is 5.56 Å². The second-order valence-electron chi connectivity index (χ2n) is 3.85. The van der Waals surface area contributed by atoms with Crippen LogP contribution in [0.4, 0.5) is 13.2 Å². The number of hydrogen-bond donors (Lipinski definition) is 1. The van der Waals surface area contributed by atoms with Gasteiger partial charge in [0.15, 0.2) is 0 Å². The molecule has 1 aromatic heterocycles. The standard InChI is InChI=1S/C10H11F3N2O2S/c11-10(12,13)5-17-2-1-8-14-7-4-18-3-6(7)9(16)15-8/h1-5H2,(H,14,15,16). The molecule has 4 nitrogen and oxygen atoms in total. The lowest BCUT2D eigenvalue weighted by atomic mass is 10.2. The summed E-state index contributed by atoms with van der Waals surface area (Å²) in [6.07, 6.45) is -4.15. The zero-order chi connectivity index (χ0) is 13.2. The van der Waals surface area contributed by atoms with Crippen molar-refractivity contribution in [1.29, 1.82) is 0 Å². The fraction of sp³-hybridized carbons (Fsp3) is 0.600. The third-order valence-corrected chi connectivity index (χ3v) is 3.35. The maximum Gasteiger partial charge on any atom is 0.411 e. The summed E-state index contributed by atoms with van der Waals surface area (Å²) in [7, 11) is 0. The molecule has 18 heavy (non-hydrogen) atoms. The Balaban J connectivity index is 1.91. The van der Waals surface area contributed by atoms with Crippen LogP contribution in [-0.4, -0.2) is 29.4 Å². The van der Waals surface area contributed by atoms with Gasteiger partial charge in [0.05, 0.1) is 12.3 Å². The van der Waals surface area contributed by atoms with E-state index in [-0.39, 0.29) is 18.6 Å². The number of aromatic amines is 1. The SMILES string of the molecule is O=c1[nH]c(CCOCC(F)(F)F)nc2c1CSC2. The number of thioether (sulfide) groups is 1. The molecule has 0 saturated carbocycles. The summed E-state index contributed by atoms with van der Waals surface area (Å²) >= 11 is 1.59. The summed E-state index contributed by atoms with van der Waals surface area (Å²) in [5.41, 5.74) is 1.20. The lowest BCUT2D eigenvalue weighted by Gasteiger charge is -2.07. The summed E-state index contributed by atoms with van der Waals surface area (Å²) in [5.74, 6) is 1.70. The first kappa shape index (κ1) is 13.4. The van der Waals surface area contributed by atoms with Gasteiger partial charge in [0, 0.05) is 23.5 Å². The van der Waals surface area contributed by atoms with E-state index in [1.165, 1.54) is 0 Å². The van der Waals surface area contributed by atoms with Gasteiger partial charge >= 0.3 is 6.18 Å². The Bertz CT molecular complexity index is 487. The molecular formula is C10H11F3N2O2S. The molecule has 0 fully saturated rings. The van der Waals surface area contributed by atoms with Crippen molar-refractivity contribution in [3.8, 4) is 0 Å². The average molecular weight is 280 g/mol. The molecule has 0 radical (unpaired) electrons. The minimum absolute atomic E-state index is 0.117. The van der Waals surface area contributed by atoms with Crippen molar-refractivity contribution in [1.82, 2.24) is 9.97 Å². The van der Waals surface area contributed by atoms with Crippen LogP contribution < -0.4 is 5.56 Å². The number of nitrogens with zero attached hydrogens (tertiary/aromatic N) is 1. The predicted octanol–water partition coefficient (Wildman–Crippen LogP) is 1.64. The smallest absolute Gasteiger partial charge is 0.372 e. The molecule has 100 valence electrons. The fourth-order valence-corrected chi connectivity index (χ4v) is 2.63. The van der Waals surface area contributed by atoms with Gasteiger partial charge in [0.1, 0.15) is 12.4 Å². The van der Waals surface area contributed by atoms with E-state index in [4.69, 9.17) is 0 Å². The summed E-state index contributed by atoms with van der Waals surface area (Å²) in [5, 5.41) is 0. The lowest BCUT2D eigenvalue weighted by Crippen LogP contribution is -2.20. The largest absolute Gasteiger partial charge is 0.411 e. The van der Waals surface area contributed by atoms with Crippen LogP contribution >= 0.6 is 11.8 Å². The highest BCUT2D eigenvalue weighted by Crippen LogP contribution is 2.25. The Morgan fingerprint density at radius 1 is 1.39 bits per heavy atom. The van der Waals surface area contributed by atoms with Gasteiger partial charge in [-0.1, -0.05) is 0 Å². The maximum absolute atomic E-state index is 11.8. The third kappa shape index (κ3) is 3.49. The van der Waals surface area contributed by atoms with Crippen LogP contribution in [0, 0.1) is 0 Å². The molecule has 1 aliphatic heterocycles. The Kier molecular flexibility index (Phi) is 3.96. The van der Waals surface area contributed by atoms with Gasteiger partial charge < -0.3 is 9.72 Å². The third-order valence-electron chi connectivity index (χ3n) is 2.38. The molecule has 0 spiro atoms. The van der Waals surface area contributed by atoms with Gasteiger partial charge in [-0.2, -0.15) is 24.9 Å². The second kappa shape index (κ2) is 5.31. The van der Waals surface area contributed by atoms with Crippen molar-refractivity contribution >= 4 is 11.8 Å². The van der Waals surface area contributed by atoms with Crippen LogP contribution in [0.3, 0.4) is 0 Å². The number of rotatable bonds is 4. The van der Waals surface area contributed by atoms with Gasteiger partial charge in [-0.15, -0.1) is 0 Å². The van der Waals surface area contributed by atoms with Crippen LogP contribution in [0.5, 0.6) is 0 Å². The van der Waals surface area contributed by atoms with Gasteiger partial charge in [-0.05, 0) is 0 Å². The van der Waals surface area contributed by atoms with Crippen molar-refractivity contribution in [2.24, 2.45) is 0 Å². The number of alkyl halides is 3. The predicted molar refractivity (Wildman–Crippen MR) is 60.4 cm³/mol. The quantitative estimate of drug-likeness (QED) is 0.852. The van der Waals surface area contributed by atoms with Gasteiger partial charge in [0.2, 0.25) is 0 Å². The van der Waals surface area contributed by atoms with Crippen LogP contribution in [0.25, 0.3) is 0 Å².